The van der Waals surface area contributed by atoms with Crippen molar-refractivity contribution in [3.63, 3.8) is 0 Å². The molecule has 0 radical (unpaired) electrons. The first-order valence-electron chi connectivity index (χ1n) is 7.20. The van der Waals surface area contributed by atoms with E-state index in [0.717, 1.165) is 36.3 Å². The minimum atomic E-state index is -0.361. The summed E-state index contributed by atoms with van der Waals surface area (Å²) in [6, 6.07) is 5.38. The van der Waals surface area contributed by atoms with Gasteiger partial charge in [0, 0.05) is 0 Å². The lowest BCUT2D eigenvalue weighted by Gasteiger charge is -2.18. The number of carbonyl (C=O) groups is 1. The molecule has 0 spiro atoms. The number of aliphatic hydroxyl groups excluding tert-OH is 1. The van der Waals surface area contributed by atoms with Crippen LogP contribution in [0.1, 0.15) is 43.9 Å². The molecule has 0 fully saturated rings. The Morgan fingerprint density at radius 2 is 2.05 bits per heavy atom. The van der Waals surface area contributed by atoms with E-state index in [1.54, 1.807) is 0 Å². The number of hydrogen-bond donors (Lipinski definition) is 2. The van der Waals surface area contributed by atoms with Crippen LogP contribution in [0.5, 0.6) is 5.75 Å². The fourth-order valence-corrected chi connectivity index (χ4v) is 2.19. The maximum absolute atomic E-state index is 10.5. The Hall–Kier alpha value is -1.55. The lowest BCUT2D eigenvalue weighted by molar-refractivity contribution is -0.110. The number of aryl methyl sites for hydroxylation is 1. The smallest absolute Gasteiger partial charge is 0.207 e. The normalized spacial score (nSPS) is 12.2. The van der Waals surface area contributed by atoms with Crippen molar-refractivity contribution < 1.29 is 14.6 Å². The van der Waals surface area contributed by atoms with Crippen LogP contribution >= 0.6 is 0 Å². The minimum Gasteiger partial charge on any atom is -0.493 e. The SMILES string of the molecule is CCC(CC)COc1ccc([C@H](CO)NC=O)c(C)c1. The van der Waals surface area contributed by atoms with Gasteiger partial charge in [-0.05, 0) is 36.1 Å². The summed E-state index contributed by atoms with van der Waals surface area (Å²) in [5.74, 6) is 1.41. The number of nitrogens with one attached hydrogen (secondary N) is 1. The second kappa shape index (κ2) is 8.59. The highest BCUT2D eigenvalue weighted by Crippen LogP contribution is 2.23. The number of hydrogen-bond acceptors (Lipinski definition) is 3. The van der Waals surface area contributed by atoms with E-state index in [1.807, 2.05) is 25.1 Å². The fourth-order valence-electron chi connectivity index (χ4n) is 2.19. The summed E-state index contributed by atoms with van der Waals surface area (Å²) in [5.41, 5.74) is 1.91. The maximum Gasteiger partial charge on any atom is 0.207 e. The molecule has 0 aliphatic carbocycles. The van der Waals surface area contributed by atoms with Crippen LogP contribution in [0.25, 0.3) is 0 Å². The number of ether oxygens (including phenoxy) is 1. The van der Waals surface area contributed by atoms with Crippen LogP contribution in [0.4, 0.5) is 0 Å². The van der Waals surface area contributed by atoms with Crippen molar-refractivity contribution in [2.24, 2.45) is 5.92 Å². The Balaban J connectivity index is 2.74. The zero-order valence-electron chi connectivity index (χ0n) is 12.6. The molecule has 0 aromatic heterocycles. The molecule has 1 aromatic carbocycles. The van der Waals surface area contributed by atoms with Gasteiger partial charge in [0.05, 0.1) is 19.3 Å². The Kier molecular flexibility index (Phi) is 7.09. The first-order valence-corrected chi connectivity index (χ1v) is 7.20. The van der Waals surface area contributed by atoms with Crippen molar-refractivity contribution in [3.05, 3.63) is 29.3 Å². The van der Waals surface area contributed by atoms with E-state index in [-0.39, 0.29) is 12.6 Å². The van der Waals surface area contributed by atoms with Crippen LogP contribution < -0.4 is 10.1 Å². The predicted molar refractivity (Wildman–Crippen MR) is 79.8 cm³/mol. The topological polar surface area (TPSA) is 58.6 Å². The molecule has 0 aliphatic rings. The molecule has 4 heteroatoms. The quantitative estimate of drug-likeness (QED) is 0.683. The molecule has 1 rings (SSSR count). The Bertz CT molecular complexity index is 416. The maximum atomic E-state index is 10.5. The van der Waals surface area contributed by atoms with Crippen molar-refractivity contribution in [1.29, 1.82) is 0 Å². The van der Waals surface area contributed by atoms with Crippen molar-refractivity contribution in [3.8, 4) is 5.75 Å². The van der Waals surface area contributed by atoms with Gasteiger partial charge in [-0.25, -0.2) is 0 Å². The van der Waals surface area contributed by atoms with E-state index in [9.17, 15) is 9.90 Å². The van der Waals surface area contributed by atoms with Gasteiger partial charge in [-0.2, -0.15) is 0 Å². The molecule has 4 nitrogen and oxygen atoms in total. The minimum absolute atomic E-state index is 0.118. The van der Waals surface area contributed by atoms with E-state index >= 15 is 0 Å². The van der Waals surface area contributed by atoms with Crippen LogP contribution in [-0.4, -0.2) is 24.7 Å². The van der Waals surface area contributed by atoms with Gasteiger partial charge in [-0.1, -0.05) is 32.8 Å². The van der Waals surface area contributed by atoms with Gasteiger partial charge in [0.1, 0.15) is 5.75 Å². The molecular weight excluding hydrogens is 254 g/mol. The standard InChI is InChI=1S/C16H25NO3/c1-4-13(5-2)10-20-14-6-7-15(12(3)8-14)16(9-18)17-11-19/h6-8,11,13,16,18H,4-5,9-10H2,1-3H3,(H,17,19)/t16-/m0/s1. The summed E-state index contributed by atoms with van der Waals surface area (Å²) in [4.78, 5) is 10.5. The van der Waals surface area contributed by atoms with Crippen molar-refractivity contribution >= 4 is 6.41 Å². The van der Waals surface area contributed by atoms with Gasteiger partial charge in [-0.15, -0.1) is 0 Å². The molecule has 0 unspecified atom stereocenters. The zero-order valence-corrected chi connectivity index (χ0v) is 12.6. The predicted octanol–water partition coefficient (Wildman–Crippen LogP) is 2.59. The molecule has 20 heavy (non-hydrogen) atoms. The van der Waals surface area contributed by atoms with Gasteiger partial charge in [0.25, 0.3) is 0 Å². The number of aliphatic hydroxyl groups is 1. The summed E-state index contributed by atoms with van der Waals surface area (Å²) in [5, 5.41) is 11.9. The van der Waals surface area contributed by atoms with E-state index < -0.39 is 0 Å². The molecular formula is C16H25NO3. The highest BCUT2D eigenvalue weighted by Gasteiger charge is 2.12. The van der Waals surface area contributed by atoms with Crippen molar-refractivity contribution in [1.82, 2.24) is 5.32 Å². The largest absolute Gasteiger partial charge is 0.493 e. The third-order valence-electron chi connectivity index (χ3n) is 3.71. The van der Waals surface area contributed by atoms with Gasteiger partial charge in [0.15, 0.2) is 0 Å². The summed E-state index contributed by atoms with van der Waals surface area (Å²) >= 11 is 0. The first-order chi connectivity index (χ1) is 9.65. The van der Waals surface area contributed by atoms with Crippen LogP contribution in [0.15, 0.2) is 18.2 Å². The van der Waals surface area contributed by atoms with Crippen LogP contribution in [0.3, 0.4) is 0 Å². The molecule has 112 valence electrons. The average molecular weight is 279 g/mol. The zero-order chi connectivity index (χ0) is 15.0. The molecule has 0 aliphatic heterocycles. The van der Waals surface area contributed by atoms with Crippen LogP contribution in [-0.2, 0) is 4.79 Å². The Morgan fingerprint density at radius 1 is 1.35 bits per heavy atom. The monoisotopic (exact) mass is 279 g/mol. The molecule has 0 saturated carbocycles. The lowest BCUT2D eigenvalue weighted by atomic mass is 10.0. The fraction of sp³-hybridized carbons (Fsp3) is 0.562. The summed E-state index contributed by atoms with van der Waals surface area (Å²) in [7, 11) is 0. The number of carbonyl (C=O) groups excluding carboxylic acids is 1. The first kappa shape index (κ1) is 16.5. The number of benzene rings is 1. The second-order valence-electron chi connectivity index (χ2n) is 5.03. The van der Waals surface area contributed by atoms with Crippen molar-refractivity contribution in [2.75, 3.05) is 13.2 Å². The summed E-state index contributed by atoms with van der Waals surface area (Å²) in [6.45, 7) is 6.90. The Morgan fingerprint density at radius 3 is 2.55 bits per heavy atom. The summed E-state index contributed by atoms with van der Waals surface area (Å²) in [6.07, 6.45) is 2.84. The molecule has 2 N–H and O–H groups in total. The third kappa shape index (κ3) is 4.53. The average Bonchev–Trinajstić information content (AvgIpc) is 2.46. The number of rotatable bonds is 9. The molecule has 0 bridgehead atoms. The van der Waals surface area contributed by atoms with E-state index in [4.69, 9.17) is 4.74 Å². The summed E-state index contributed by atoms with van der Waals surface area (Å²) < 4.78 is 5.81. The van der Waals surface area contributed by atoms with E-state index in [2.05, 4.69) is 19.2 Å². The van der Waals surface area contributed by atoms with Gasteiger partial charge < -0.3 is 15.2 Å². The molecule has 1 atom stereocenters. The molecule has 1 aromatic rings. The van der Waals surface area contributed by atoms with Crippen LogP contribution in [0.2, 0.25) is 0 Å². The van der Waals surface area contributed by atoms with Crippen LogP contribution in [0, 0.1) is 12.8 Å². The van der Waals surface area contributed by atoms with Gasteiger partial charge >= 0.3 is 0 Å². The van der Waals surface area contributed by atoms with E-state index in [1.165, 1.54) is 0 Å². The van der Waals surface area contributed by atoms with Gasteiger partial charge in [-0.3, -0.25) is 4.79 Å². The highest BCUT2D eigenvalue weighted by atomic mass is 16.5. The van der Waals surface area contributed by atoms with E-state index in [0.29, 0.717) is 12.3 Å². The second-order valence-corrected chi connectivity index (χ2v) is 5.03. The molecule has 1 amide bonds. The van der Waals surface area contributed by atoms with Crippen molar-refractivity contribution in [2.45, 2.75) is 39.7 Å². The number of amides is 1. The molecule has 0 saturated heterocycles. The Labute approximate surface area is 121 Å². The third-order valence-corrected chi connectivity index (χ3v) is 3.71. The van der Waals surface area contributed by atoms with Gasteiger partial charge in [0.2, 0.25) is 6.41 Å². The molecule has 0 heterocycles. The lowest BCUT2D eigenvalue weighted by Crippen LogP contribution is -2.23. The highest BCUT2D eigenvalue weighted by molar-refractivity contribution is 5.49.